The maximum Gasteiger partial charge on any atom is 0.318 e. The number of carbonyl (C=O) groups is 3. The minimum absolute atomic E-state index is 0.169. The highest BCUT2D eigenvalue weighted by molar-refractivity contribution is 6.04. The van der Waals surface area contributed by atoms with Crippen LogP contribution in [0.25, 0.3) is 0 Å². The number of hydrogen-bond acceptors (Lipinski definition) is 3. The summed E-state index contributed by atoms with van der Waals surface area (Å²) in [4.78, 5) is 34.3. The predicted molar refractivity (Wildman–Crippen MR) is 93.2 cm³/mol. The monoisotopic (exact) mass is 326 g/mol. The maximum absolute atomic E-state index is 12.2. The van der Waals surface area contributed by atoms with Gasteiger partial charge in [-0.05, 0) is 48.5 Å². The lowest BCUT2D eigenvalue weighted by Gasteiger charge is -2.08. The maximum atomic E-state index is 12.2. The quantitative estimate of drug-likeness (QED) is 0.695. The number of benzene rings is 2. The Morgan fingerprint density at radius 3 is 1.67 bits per heavy atom. The summed E-state index contributed by atoms with van der Waals surface area (Å²) < 4.78 is 0. The molecule has 0 saturated heterocycles. The summed E-state index contributed by atoms with van der Waals surface area (Å²) in [5, 5.41) is 10.5. The minimum atomic E-state index is -0.314. The van der Waals surface area contributed by atoms with Crippen LogP contribution in [-0.2, 0) is 4.79 Å². The van der Waals surface area contributed by atoms with E-state index in [1.807, 2.05) is 0 Å². The molecule has 24 heavy (non-hydrogen) atoms. The normalized spacial score (nSPS) is 9.75. The van der Waals surface area contributed by atoms with Crippen molar-refractivity contribution >= 4 is 34.9 Å². The van der Waals surface area contributed by atoms with E-state index in [0.29, 0.717) is 22.6 Å². The molecule has 2 aromatic rings. The van der Waals surface area contributed by atoms with Crippen molar-refractivity contribution in [1.82, 2.24) is 5.32 Å². The van der Waals surface area contributed by atoms with E-state index < -0.39 is 0 Å². The SMILES string of the molecule is CNC(=O)Nc1ccc(NC(=O)c2ccc(NC(C)=O)cc2)cc1. The summed E-state index contributed by atoms with van der Waals surface area (Å²) in [6, 6.07) is 13.0. The summed E-state index contributed by atoms with van der Waals surface area (Å²) in [7, 11) is 1.53. The first-order chi connectivity index (χ1) is 11.5. The van der Waals surface area contributed by atoms with Crippen LogP contribution in [0.4, 0.5) is 21.9 Å². The van der Waals surface area contributed by atoms with Gasteiger partial charge in [-0.2, -0.15) is 0 Å². The summed E-state index contributed by atoms with van der Waals surface area (Å²) in [6.07, 6.45) is 0. The van der Waals surface area contributed by atoms with Crippen molar-refractivity contribution in [3.63, 3.8) is 0 Å². The van der Waals surface area contributed by atoms with Crippen molar-refractivity contribution in [2.75, 3.05) is 23.0 Å². The third kappa shape index (κ3) is 4.84. The Bertz CT molecular complexity index is 739. The van der Waals surface area contributed by atoms with Gasteiger partial charge in [-0.15, -0.1) is 0 Å². The molecular weight excluding hydrogens is 308 g/mol. The summed E-state index contributed by atoms with van der Waals surface area (Å²) in [5.74, 6) is -0.436. The Labute approximate surface area is 139 Å². The number of hydrogen-bond donors (Lipinski definition) is 4. The molecule has 124 valence electrons. The molecule has 0 aromatic heterocycles. The number of urea groups is 1. The molecule has 2 aromatic carbocycles. The molecule has 0 fully saturated rings. The fourth-order valence-electron chi connectivity index (χ4n) is 1.94. The Morgan fingerprint density at radius 2 is 1.17 bits per heavy atom. The van der Waals surface area contributed by atoms with E-state index in [-0.39, 0.29) is 17.8 Å². The number of rotatable bonds is 4. The molecular formula is C17H18N4O3. The second-order valence-corrected chi connectivity index (χ2v) is 4.99. The van der Waals surface area contributed by atoms with Gasteiger partial charge in [0.2, 0.25) is 5.91 Å². The van der Waals surface area contributed by atoms with E-state index >= 15 is 0 Å². The van der Waals surface area contributed by atoms with Crippen molar-refractivity contribution in [3.05, 3.63) is 54.1 Å². The Kier molecular flexibility index (Phi) is 5.51. The molecule has 0 aliphatic carbocycles. The lowest BCUT2D eigenvalue weighted by Crippen LogP contribution is -2.24. The van der Waals surface area contributed by atoms with Gasteiger partial charge < -0.3 is 21.3 Å². The first-order valence-corrected chi connectivity index (χ1v) is 7.26. The Balaban J connectivity index is 1.98. The zero-order valence-corrected chi connectivity index (χ0v) is 13.3. The lowest BCUT2D eigenvalue weighted by atomic mass is 10.2. The smallest absolute Gasteiger partial charge is 0.318 e. The standard InChI is InChI=1S/C17H18N4O3/c1-11(22)19-13-5-3-12(4-6-13)16(23)20-14-7-9-15(10-8-14)21-17(24)18-2/h3-10H,1-2H3,(H,19,22)(H,20,23)(H2,18,21,24). The number of amides is 4. The van der Waals surface area contributed by atoms with Crippen LogP contribution < -0.4 is 21.3 Å². The van der Waals surface area contributed by atoms with Crippen LogP contribution in [0.15, 0.2) is 48.5 Å². The first-order valence-electron chi connectivity index (χ1n) is 7.26. The number of nitrogens with one attached hydrogen (secondary N) is 4. The van der Waals surface area contributed by atoms with E-state index in [0.717, 1.165) is 0 Å². The fourth-order valence-corrected chi connectivity index (χ4v) is 1.94. The van der Waals surface area contributed by atoms with Crippen molar-refractivity contribution < 1.29 is 14.4 Å². The van der Waals surface area contributed by atoms with E-state index in [1.165, 1.54) is 14.0 Å². The average molecular weight is 326 g/mol. The second-order valence-electron chi connectivity index (χ2n) is 4.99. The molecule has 0 saturated carbocycles. The summed E-state index contributed by atoms with van der Waals surface area (Å²) in [6.45, 7) is 1.42. The van der Waals surface area contributed by atoms with Crippen LogP contribution in [0.5, 0.6) is 0 Å². The molecule has 0 atom stereocenters. The molecule has 0 aliphatic rings. The zero-order chi connectivity index (χ0) is 17.5. The topological polar surface area (TPSA) is 99.3 Å². The summed E-state index contributed by atoms with van der Waals surface area (Å²) >= 11 is 0. The highest BCUT2D eigenvalue weighted by Crippen LogP contribution is 2.15. The average Bonchev–Trinajstić information content (AvgIpc) is 2.56. The van der Waals surface area contributed by atoms with Gasteiger partial charge in [-0.3, -0.25) is 9.59 Å². The third-order valence-corrected chi connectivity index (χ3v) is 3.10. The van der Waals surface area contributed by atoms with Gasteiger partial charge in [0.15, 0.2) is 0 Å². The van der Waals surface area contributed by atoms with Gasteiger partial charge in [0, 0.05) is 36.6 Å². The molecule has 0 aliphatic heterocycles. The van der Waals surface area contributed by atoms with Gasteiger partial charge in [-0.1, -0.05) is 0 Å². The highest BCUT2D eigenvalue weighted by atomic mass is 16.2. The molecule has 0 unspecified atom stereocenters. The highest BCUT2D eigenvalue weighted by Gasteiger charge is 2.07. The van der Waals surface area contributed by atoms with Gasteiger partial charge in [0.25, 0.3) is 5.91 Å². The summed E-state index contributed by atoms with van der Waals surface area (Å²) in [5.41, 5.74) is 2.32. The van der Waals surface area contributed by atoms with Crippen LogP contribution in [-0.4, -0.2) is 24.9 Å². The number of carbonyl (C=O) groups excluding carboxylic acids is 3. The van der Waals surface area contributed by atoms with Crippen LogP contribution >= 0.6 is 0 Å². The van der Waals surface area contributed by atoms with Crippen LogP contribution in [0.1, 0.15) is 17.3 Å². The molecule has 7 nitrogen and oxygen atoms in total. The van der Waals surface area contributed by atoms with Gasteiger partial charge in [0.1, 0.15) is 0 Å². The van der Waals surface area contributed by atoms with Crippen LogP contribution in [0.3, 0.4) is 0 Å². The first kappa shape index (κ1) is 17.0. The largest absolute Gasteiger partial charge is 0.341 e. The third-order valence-electron chi connectivity index (χ3n) is 3.10. The van der Waals surface area contributed by atoms with Crippen LogP contribution in [0, 0.1) is 0 Å². The van der Waals surface area contributed by atoms with Gasteiger partial charge in [0.05, 0.1) is 0 Å². The molecule has 0 bridgehead atoms. The molecule has 0 spiro atoms. The molecule has 0 radical (unpaired) electrons. The van der Waals surface area contributed by atoms with E-state index in [4.69, 9.17) is 0 Å². The van der Waals surface area contributed by atoms with Crippen molar-refractivity contribution in [3.8, 4) is 0 Å². The van der Waals surface area contributed by atoms with Crippen molar-refractivity contribution in [1.29, 1.82) is 0 Å². The second kappa shape index (κ2) is 7.77. The molecule has 0 heterocycles. The molecule has 4 amide bonds. The van der Waals surface area contributed by atoms with Gasteiger partial charge in [-0.25, -0.2) is 4.79 Å². The Morgan fingerprint density at radius 1 is 0.708 bits per heavy atom. The number of anilines is 3. The fraction of sp³-hybridized carbons (Fsp3) is 0.118. The Hall–Kier alpha value is -3.35. The predicted octanol–water partition coefficient (Wildman–Crippen LogP) is 2.65. The molecule has 7 heteroatoms. The van der Waals surface area contributed by atoms with Crippen LogP contribution in [0.2, 0.25) is 0 Å². The van der Waals surface area contributed by atoms with E-state index in [9.17, 15) is 14.4 Å². The van der Waals surface area contributed by atoms with E-state index in [1.54, 1.807) is 48.5 Å². The lowest BCUT2D eigenvalue weighted by molar-refractivity contribution is -0.114. The molecule has 2 rings (SSSR count). The van der Waals surface area contributed by atoms with E-state index in [2.05, 4.69) is 21.3 Å². The molecule has 4 N–H and O–H groups in total. The minimum Gasteiger partial charge on any atom is -0.341 e. The van der Waals surface area contributed by atoms with Gasteiger partial charge >= 0.3 is 6.03 Å². The van der Waals surface area contributed by atoms with Crippen molar-refractivity contribution in [2.24, 2.45) is 0 Å². The zero-order valence-electron chi connectivity index (χ0n) is 13.3. The van der Waals surface area contributed by atoms with Crippen molar-refractivity contribution in [2.45, 2.75) is 6.92 Å².